The maximum absolute atomic E-state index is 8.92. The summed E-state index contributed by atoms with van der Waals surface area (Å²) in [5, 5.41) is 12.9. The topological polar surface area (TPSA) is 61.6 Å². The molecule has 0 aliphatic heterocycles. The molecule has 2 aromatic heterocycles. The molecule has 0 aliphatic rings. The van der Waals surface area contributed by atoms with E-state index in [1.807, 2.05) is 6.92 Å². The Kier molecular flexibility index (Phi) is 3.58. The summed E-state index contributed by atoms with van der Waals surface area (Å²) in [6.45, 7) is 6.02. The first-order valence-electron chi connectivity index (χ1n) is 5.74. The van der Waals surface area contributed by atoms with Crippen LogP contribution in [0.25, 0.3) is 0 Å². The summed E-state index contributed by atoms with van der Waals surface area (Å²) >= 11 is 1.61. The summed E-state index contributed by atoms with van der Waals surface area (Å²) in [5.74, 6) is 0.669. The Morgan fingerprint density at radius 3 is 2.72 bits per heavy atom. The zero-order valence-corrected chi connectivity index (χ0v) is 11.4. The van der Waals surface area contributed by atoms with Gasteiger partial charge in [0.1, 0.15) is 5.82 Å². The molecule has 2 rings (SSSR count). The van der Waals surface area contributed by atoms with E-state index >= 15 is 0 Å². The van der Waals surface area contributed by atoms with Gasteiger partial charge in [-0.15, -0.1) is 11.3 Å². The van der Waals surface area contributed by atoms with Crippen molar-refractivity contribution < 1.29 is 0 Å². The molecule has 0 fully saturated rings. The Bertz CT molecular complexity index is 610. The summed E-state index contributed by atoms with van der Waals surface area (Å²) in [7, 11) is 0. The van der Waals surface area contributed by atoms with E-state index in [2.05, 4.69) is 35.2 Å². The van der Waals surface area contributed by atoms with Crippen LogP contribution in [0, 0.1) is 25.2 Å². The van der Waals surface area contributed by atoms with Crippen molar-refractivity contribution in [3.05, 3.63) is 34.0 Å². The van der Waals surface area contributed by atoms with Crippen LogP contribution < -0.4 is 5.32 Å². The molecular weight excluding hydrogens is 244 g/mol. The van der Waals surface area contributed by atoms with Gasteiger partial charge in [-0.3, -0.25) is 0 Å². The molecule has 18 heavy (non-hydrogen) atoms. The second-order valence-corrected chi connectivity index (χ2v) is 5.20. The zero-order valence-electron chi connectivity index (χ0n) is 10.6. The highest BCUT2D eigenvalue weighted by Gasteiger charge is 2.07. The average molecular weight is 258 g/mol. The van der Waals surface area contributed by atoms with E-state index < -0.39 is 0 Å². The summed E-state index contributed by atoms with van der Waals surface area (Å²) in [6, 6.07) is 5.62. The molecule has 92 valence electrons. The summed E-state index contributed by atoms with van der Waals surface area (Å²) < 4.78 is 0. The van der Waals surface area contributed by atoms with Crippen molar-refractivity contribution in [2.75, 3.05) is 5.32 Å². The summed E-state index contributed by atoms with van der Waals surface area (Å²) in [5.41, 5.74) is 2.53. The second kappa shape index (κ2) is 5.15. The molecule has 4 nitrogen and oxygen atoms in total. The third-order valence-corrected chi connectivity index (χ3v) is 3.47. The number of pyridine rings is 1. The molecule has 0 amide bonds. The predicted octanol–water partition coefficient (Wildman–Crippen LogP) is 3.33. The highest BCUT2D eigenvalue weighted by atomic mass is 32.1. The molecule has 0 radical (unpaired) electrons. The Morgan fingerprint density at radius 1 is 1.33 bits per heavy atom. The lowest BCUT2D eigenvalue weighted by atomic mass is 10.2. The number of nitriles is 1. The third-order valence-electron chi connectivity index (χ3n) is 2.55. The minimum atomic E-state index is 0.606. The lowest BCUT2D eigenvalue weighted by Gasteiger charge is -2.03. The van der Waals surface area contributed by atoms with Gasteiger partial charge in [0.2, 0.25) is 0 Å². The Hall–Kier alpha value is -1.93. The number of nitrogens with zero attached hydrogens (tertiary/aromatic N) is 3. The first-order valence-corrected chi connectivity index (χ1v) is 6.56. The Balaban J connectivity index is 2.28. The van der Waals surface area contributed by atoms with Gasteiger partial charge >= 0.3 is 0 Å². The standard InChI is InChI=1S/C13H14N4S/c1-4-11-9(3)18-13(16-11)17-12-6-10(7-14)5-8(2)15-12/h5-6H,4H2,1-3H3,(H,15,16,17). The Morgan fingerprint density at radius 2 is 2.11 bits per heavy atom. The fourth-order valence-electron chi connectivity index (χ4n) is 1.72. The van der Waals surface area contributed by atoms with E-state index in [1.165, 1.54) is 4.88 Å². The zero-order chi connectivity index (χ0) is 13.1. The number of thiazole rings is 1. The Labute approximate surface area is 110 Å². The van der Waals surface area contributed by atoms with Gasteiger partial charge in [-0.1, -0.05) is 6.92 Å². The fraction of sp³-hybridized carbons (Fsp3) is 0.308. The van der Waals surface area contributed by atoms with E-state index in [9.17, 15) is 0 Å². The largest absolute Gasteiger partial charge is 0.316 e. The van der Waals surface area contributed by atoms with Crippen molar-refractivity contribution in [3.8, 4) is 6.07 Å². The van der Waals surface area contributed by atoms with Crippen molar-refractivity contribution in [1.82, 2.24) is 9.97 Å². The predicted molar refractivity (Wildman–Crippen MR) is 73.2 cm³/mol. The van der Waals surface area contributed by atoms with Gasteiger partial charge in [-0.05, 0) is 32.4 Å². The van der Waals surface area contributed by atoms with E-state index in [1.54, 1.807) is 23.5 Å². The van der Waals surface area contributed by atoms with E-state index in [4.69, 9.17) is 5.26 Å². The normalized spacial score (nSPS) is 10.1. The molecule has 0 saturated carbocycles. The summed E-state index contributed by atoms with van der Waals surface area (Å²) in [6.07, 6.45) is 0.925. The van der Waals surface area contributed by atoms with Gasteiger partial charge in [-0.25, -0.2) is 9.97 Å². The van der Waals surface area contributed by atoms with Crippen molar-refractivity contribution in [2.45, 2.75) is 27.2 Å². The lowest BCUT2D eigenvalue weighted by Crippen LogP contribution is -1.96. The SMILES string of the molecule is CCc1nc(Nc2cc(C#N)cc(C)n2)sc1C. The van der Waals surface area contributed by atoms with Gasteiger partial charge in [0.15, 0.2) is 5.13 Å². The monoisotopic (exact) mass is 258 g/mol. The minimum absolute atomic E-state index is 0.606. The molecule has 1 N–H and O–H groups in total. The molecular formula is C13H14N4S. The number of rotatable bonds is 3. The maximum Gasteiger partial charge on any atom is 0.188 e. The molecule has 2 aromatic rings. The molecule has 0 unspecified atom stereocenters. The number of hydrogen-bond acceptors (Lipinski definition) is 5. The van der Waals surface area contributed by atoms with Crippen molar-refractivity contribution in [1.29, 1.82) is 5.26 Å². The van der Waals surface area contributed by atoms with Crippen LogP contribution in [0.3, 0.4) is 0 Å². The number of nitrogens with one attached hydrogen (secondary N) is 1. The van der Waals surface area contributed by atoms with Gasteiger partial charge < -0.3 is 5.32 Å². The molecule has 5 heteroatoms. The smallest absolute Gasteiger partial charge is 0.188 e. The summed E-state index contributed by atoms with van der Waals surface area (Å²) in [4.78, 5) is 10.1. The van der Waals surface area contributed by atoms with E-state index in [-0.39, 0.29) is 0 Å². The van der Waals surface area contributed by atoms with Crippen LogP contribution in [0.2, 0.25) is 0 Å². The highest BCUT2D eigenvalue weighted by molar-refractivity contribution is 7.15. The third kappa shape index (κ3) is 2.66. The van der Waals surface area contributed by atoms with Gasteiger partial charge in [0, 0.05) is 10.6 Å². The fourth-order valence-corrected chi connectivity index (χ4v) is 2.63. The van der Waals surface area contributed by atoms with Crippen LogP contribution in [-0.4, -0.2) is 9.97 Å². The van der Waals surface area contributed by atoms with Crippen LogP contribution in [0.1, 0.15) is 28.8 Å². The molecule has 0 aliphatic carbocycles. The highest BCUT2D eigenvalue weighted by Crippen LogP contribution is 2.25. The van der Waals surface area contributed by atoms with Crippen LogP contribution in [-0.2, 0) is 6.42 Å². The first-order chi connectivity index (χ1) is 8.62. The quantitative estimate of drug-likeness (QED) is 0.917. The van der Waals surface area contributed by atoms with Crippen molar-refractivity contribution in [3.63, 3.8) is 0 Å². The van der Waals surface area contributed by atoms with E-state index in [0.29, 0.717) is 11.4 Å². The van der Waals surface area contributed by atoms with Gasteiger partial charge in [0.05, 0.1) is 17.3 Å². The first kappa shape index (κ1) is 12.5. The number of hydrogen-bond donors (Lipinski definition) is 1. The van der Waals surface area contributed by atoms with E-state index in [0.717, 1.165) is 22.9 Å². The molecule has 0 aromatic carbocycles. The molecule has 0 saturated heterocycles. The molecule has 0 spiro atoms. The van der Waals surface area contributed by atoms with Crippen LogP contribution in [0.15, 0.2) is 12.1 Å². The van der Waals surface area contributed by atoms with Crippen molar-refractivity contribution >= 4 is 22.3 Å². The second-order valence-electron chi connectivity index (χ2n) is 3.99. The number of aryl methyl sites for hydroxylation is 3. The van der Waals surface area contributed by atoms with Crippen LogP contribution >= 0.6 is 11.3 Å². The van der Waals surface area contributed by atoms with Crippen LogP contribution in [0.4, 0.5) is 10.9 Å². The van der Waals surface area contributed by atoms with Gasteiger partial charge in [-0.2, -0.15) is 5.26 Å². The molecule has 2 heterocycles. The maximum atomic E-state index is 8.92. The lowest BCUT2D eigenvalue weighted by molar-refractivity contribution is 1.04. The molecule has 0 atom stereocenters. The number of aromatic nitrogens is 2. The minimum Gasteiger partial charge on any atom is -0.316 e. The molecule has 0 bridgehead atoms. The van der Waals surface area contributed by atoms with Crippen LogP contribution in [0.5, 0.6) is 0 Å². The average Bonchev–Trinajstić information content (AvgIpc) is 2.68. The number of anilines is 2. The van der Waals surface area contributed by atoms with Crippen molar-refractivity contribution in [2.24, 2.45) is 0 Å². The van der Waals surface area contributed by atoms with Gasteiger partial charge in [0.25, 0.3) is 0 Å².